The molecule has 1 heterocycles. The standard InChI is InChI=1S/C31H26F5NO4/c1-18-25(16-30(32,33)17-26(38)21-8-12-24(13-9-21)31(34,35)36)27(41-37-18)22-4-2-19(3-5-22)20-6-10-23(11-7-20)29(14-15-29)28(39)40/h2-13,26,38H,14-17H2,1H3,(H,39,40). The summed E-state index contributed by atoms with van der Waals surface area (Å²) in [6.45, 7) is 1.53. The largest absolute Gasteiger partial charge is 0.481 e. The lowest BCUT2D eigenvalue weighted by Gasteiger charge is -2.21. The molecule has 41 heavy (non-hydrogen) atoms. The number of aromatic nitrogens is 1. The molecule has 0 bridgehead atoms. The van der Waals surface area contributed by atoms with Crippen LogP contribution < -0.4 is 0 Å². The minimum atomic E-state index is -4.57. The summed E-state index contributed by atoms with van der Waals surface area (Å²) in [6.07, 6.45) is -6.80. The maximum atomic E-state index is 15.1. The van der Waals surface area contributed by atoms with Crippen molar-refractivity contribution in [3.63, 3.8) is 0 Å². The van der Waals surface area contributed by atoms with Crippen molar-refractivity contribution in [2.45, 2.75) is 56.2 Å². The summed E-state index contributed by atoms with van der Waals surface area (Å²) in [7, 11) is 0. The number of aliphatic hydroxyl groups is 1. The van der Waals surface area contributed by atoms with Crippen LogP contribution in [0, 0.1) is 6.92 Å². The molecule has 1 aliphatic rings. The Bertz CT molecular complexity index is 1540. The van der Waals surface area contributed by atoms with Gasteiger partial charge in [-0.25, -0.2) is 8.78 Å². The lowest BCUT2D eigenvalue weighted by atomic mass is 9.93. The molecule has 10 heteroatoms. The second-order valence-corrected chi connectivity index (χ2v) is 10.5. The monoisotopic (exact) mass is 571 g/mol. The number of alkyl halides is 5. The smallest absolute Gasteiger partial charge is 0.416 e. The molecule has 4 aromatic rings. The van der Waals surface area contributed by atoms with Gasteiger partial charge in [-0.05, 0) is 54.2 Å². The van der Waals surface area contributed by atoms with E-state index in [9.17, 15) is 28.2 Å². The number of rotatable bonds is 9. The third kappa shape index (κ3) is 5.88. The zero-order valence-corrected chi connectivity index (χ0v) is 21.9. The molecule has 0 radical (unpaired) electrons. The lowest BCUT2D eigenvalue weighted by Crippen LogP contribution is -2.23. The minimum absolute atomic E-state index is 0.0428. The van der Waals surface area contributed by atoms with E-state index in [0.29, 0.717) is 18.4 Å². The zero-order valence-electron chi connectivity index (χ0n) is 21.9. The highest BCUT2D eigenvalue weighted by atomic mass is 19.4. The van der Waals surface area contributed by atoms with Crippen LogP contribution in [0.2, 0.25) is 0 Å². The average molecular weight is 572 g/mol. The molecular weight excluding hydrogens is 545 g/mol. The number of benzene rings is 3. The molecular formula is C31H26F5NO4. The number of hydrogen-bond donors (Lipinski definition) is 2. The molecule has 0 amide bonds. The number of aliphatic hydroxyl groups excluding tert-OH is 1. The Labute approximate surface area is 232 Å². The number of carboxylic acid groups (broad SMARTS) is 1. The summed E-state index contributed by atoms with van der Waals surface area (Å²) in [5.41, 5.74) is 1.63. The van der Waals surface area contributed by atoms with Crippen LogP contribution in [0.3, 0.4) is 0 Å². The highest BCUT2D eigenvalue weighted by Gasteiger charge is 2.51. The molecule has 214 valence electrons. The normalized spacial score (nSPS) is 15.5. The predicted molar refractivity (Wildman–Crippen MR) is 140 cm³/mol. The number of aliphatic carboxylic acids is 1. The van der Waals surface area contributed by atoms with Crippen LogP contribution in [0.1, 0.15) is 53.3 Å². The number of aryl methyl sites for hydroxylation is 1. The van der Waals surface area contributed by atoms with Crippen molar-refractivity contribution >= 4 is 5.97 Å². The van der Waals surface area contributed by atoms with Gasteiger partial charge in [0.25, 0.3) is 5.92 Å². The number of halogens is 5. The van der Waals surface area contributed by atoms with Crippen LogP contribution in [-0.2, 0) is 22.8 Å². The SMILES string of the molecule is Cc1noc(-c2ccc(-c3ccc(C4(C(=O)O)CC4)cc3)cc2)c1CC(F)(F)CC(O)c1ccc(C(F)(F)F)cc1. The van der Waals surface area contributed by atoms with Gasteiger partial charge < -0.3 is 14.7 Å². The van der Waals surface area contributed by atoms with Gasteiger partial charge in [0.05, 0.1) is 22.8 Å². The third-order valence-electron chi connectivity index (χ3n) is 7.61. The van der Waals surface area contributed by atoms with E-state index >= 15 is 8.78 Å². The fraction of sp³-hybridized carbons (Fsp3) is 0.290. The van der Waals surface area contributed by atoms with Crippen molar-refractivity contribution in [1.82, 2.24) is 5.16 Å². The van der Waals surface area contributed by atoms with E-state index in [1.54, 1.807) is 24.3 Å². The summed E-state index contributed by atoms with van der Waals surface area (Å²) < 4.78 is 73.9. The Hall–Kier alpha value is -4.05. The maximum absolute atomic E-state index is 15.1. The van der Waals surface area contributed by atoms with Crippen molar-refractivity contribution < 1.29 is 41.5 Å². The molecule has 1 unspecified atom stereocenters. The van der Waals surface area contributed by atoms with E-state index in [0.717, 1.165) is 41.0 Å². The molecule has 1 atom stereocenters. The lowest BCUT2D eigenvalue weighted by molar-refractivity contribution is -0.140. The Balaban J connectivity index is 1.30. The first-order valence-corrected chi connectivity index (χ1v) is 12.9. The number of carboxylic acids is 1. The summed E-state index contributed by atoms with van der Waals surface area (Å²) in [6, 6.07) is 17.8. The molecule has 2 N–H and O–H groups in total. The molecule has 1 saturated carbocycles. The number of nitrogens with zero attached hydrogens (tertiary/aromatic N) is 1. The summed E-state index contributed by atoms with van der Waals surface area (Å²) >= 11 is 0. The predicted octanol–water partition coefficient (Wildman–Crippen LogP) is 7.75. The van der Waals surface area contributed by atoms with E-state index in [1.807, 2.05) is 24.3 Å². The van der Waals surface area contributed by atoms with Gasteiger partial charge in [0.15, 0.2) is 5.76 Å². The van der Waals surface area contributed by atoms with Gasteiger partial charge >= 0.3 is 12.1 Å². The molecule has 1 aromatic heterocycles. The highest BCUT2D eigenvalue weighted by molar-refractivity contribution is 5.85. The molecule has 0 spiro atoms. The first kappa shape index (κ1) is 28.5. The van der Waals surface area contributed by atoms with Crippen LogP contribution in [0.15, 0.2) is 77.3 Å². The molecule has 5 nitrogen and oxygen atoms in total. The van der Waals surface area contributed by atoms with E-state index in [2.05, 4.69) is 5.16 Å². The van der Waals surface area contributed by atoms with Crippen molar-refractivity contribution in [3.05, 3.63) is 101 Å². The van der Waals surface area contributed by atoms with Gasteiger partial charge in [-0.15, -0.1) is 0 Å². The van der Waals surface area contributed by atoms with Gasteiger partial charge in [0.2, 0.25) is 0 Å². The van der Waals surface area contributed by atoms with Gasteiger partial charge in [-0.2, -0.15) is 13.2 Å². The second kappa shape index (κ2) is 10.4. The molecule has 1 fully saturated rings. The van der Waals surface area contributed by atoms with Crippen molar-refractivity contribution in [2.75, 3.05) is 0 Å². The van der Waals surface area contributed by atoms with E-state index in [-0.39, 0.29) is 22.6 Å². The Morgan fingerprint density at radius 3 is 1.95 bits per heavy atom. The van der Waals surface area contributed by atoms with Crippen LogP contribution in [0.25, 0.3) is 22.5 Å². The van der Waals surface area contributed by atoms with Gasteiger partial charge in [-0.3, -0.25) is 4.79 Å². The highest BCUT2D eigenvalue weighted by Crippen LogP contribution is 2.48. The van der Waals surface area contributed by atoms with E-state index in [4.69, 9.17) is 4.52 Å². The van der Waals surface area contributed by atoms with Crippen LogP contribution >= 0.6 is 0 Å². The van der Waals surface area contributed by atoms with E-state index in [1.165, 1.54) is 6.92 Å². The summed E-state index contributed by atoms with van der Waals surface area (Å²) in [5.74, 6) is -4.08. The number of carbonyl (C=O) groups is 1. The van der Waals surface area contributed by atoms with Crippen LogP contribution in [-0.4, -0.2) is 27.3 Å². The molecule has 3 aromatic carbocycles. The Morgan fingerprint density at radius 1 is 0.902 bits per heavy atom. The minimum Gasteiger partial charge on any atom is -0.481 e. The molecule has 0 aliphatic heterocycles. The van der Waals surface area contributed by atoms with Crippen molar-refractivity contribution in [1.29, 1.82) is 0 Å². The topological polar surface area (TPSA) is 83.6 Å². The summed E-state index contributed by atoms with van der Waals surface area (Å²) in [5, 5.41) is 23.7. The quantitative estimate of drug-likeness (QED) is 0.201. The van der Waals surface area contributed by atoms with Gasteiger partial charge in [-0.1, -0.05) is 65.8 Å². The fourth-order valence-corrected chi connectivity index (χ4v) is 5.00. The molecule has 5 rings (SSSR count). The molecule has 0 saturated heterocycles. The van der Waals surface area contributed by atoms with E-state index < -0.39 is 48.0 Å². The number of hydrogen-bond acceptors (Lipinski definition) is 4. The van der Waals surface area contributed by atoms with Crippen LogP contribution in [0.4, 0.5) is 22.0 Å². The third-order valence-corrected chi connectivity index (χ3v) is 7.61. The van der Waals surface area contributed by atoms with Crippen LogP contribution in [0.5, 0.6) is 0 Å². The first-order chi connectivity index (χ1) is 19.3. The summed E-state index contributed by atoms with van der Waals surface area (Å²) in [4.78, 5) is 11.6. The average Bonchev–Trinajstić information content (AvgIpc) is 3.68. The van der Waals surface area contributed by atoms with Crippen molar-refractivity contribution in [2.24, 2.45) is 0 Å². The first-order valence-electron chi connectivity index (χ1n) is 12.9. The van der Waals surface area contributed by atoms with Crippen molar-refractivity contribution in [3.8, 4) is 22.5 Å². The van der Waals surface area contributed by atoms with Gasteiger partial charge in [0.1, 0.15) is 0 Å². The Kier molecular flexibility index (Phi) is 7.23. The zero-order chi connectivity index (χ0) is 29.6. The second-order valence-electron chi connectivity index (χ2n) is 10.5. The molecule has 1 aliphatic carbocycles. The Morgan fingerprint density at radius 2 is 1.44 bits per heavy atom. The fourth-order valence-electron chi connectivity index (χ4n) is 5.00. The van der Waals surface area contributed by atoms with Gasteiger partial charge in [0, 0.05) is 24.0 Å². The maximum Gasteiger partial charge on any atom is 0.416 e.